The fourth-order valence-corrected chi connectivity index (χ4v) is 3.27. The van der Waals surface area contributed by atoms with E-state index in [2.05, 4.69) is 29.2 Å². The van der Waals surface area contributed by atoms with Crippen LogP contribution in [0, 0.1) is 5.82 Å². The van der Waals surface area contributed by atoms with Gasteiger partial charge in [-0.15, -0.1) is 0 Å². The van der Waals surface area contributed by atoms with Gasteiger partial charge in [0.2, 0.25) is 5.91 Å². The van der Waals surface area contributed by atoms with Crippen molar-refractivity contribution in [2.75, 3.05) is 31.1 Å². The highest BCUT2D eigenvalue weighted by atomic mass is 19.1. The van der Waals surface area contributed by atoms with Crippen molar-refractivity contribution < 1.29 is 9.18 Å². The van der Waals surface area contributed by atoms with Crippen LogP contribution in [0.2, 0.25) is 0 Å². The van der Waals surface area contributed by atoms with Gasteiger partial charge >= 0.3 is 0 Å². The molecule has 0 atom stereocenters. The summed E-state index contributed by atoms with van der Waals surface area (Å²) in [5.74, 6) is 0.0416. The minimum atomic E-state index is -0.215. The molecule has 25 heavy (non-hydrogen) atoms. The largest absolute Gasteiger partial charge is 0.368 e. The lowest BCUT2D eigenvalue weighted by Gasteiger charge is -2.36. The van der Waals surface area contributed by atoms with Crippen LogP contribution in [0.5, 0.6) is 0 Å². The summed E-state index contributed by atoms with van der Waals surface area (Å²) >= 11 is 0. The van der Waals surface area contributed by atoms with Crippen molar-refractivity contribution in [3.63, 3.8) is 0 Å². The zero-order chi connectivity index (χ0) is 17.5. The molecule has 1 fully saturated rings. The average Bonchev–Trinajstić information content (AvgIpc) is 2.67. The number of benzene rings is 2. The van der Waals surface area contributed by atoms with Gasteiger partial charge in [0.05, 0.1) is 0 Å². The standard InChI is InChI=1S/C21H25FN2O/c22-19-10-12-20(13-11-19)23-14-16-24(17-15-23)21(25)9-5-4-8-18-6-2-1-3-7-18/h1-3,6-7,10-13H,4-5,8-9,14-17H2. The summed E-state index contributed by atoms with van der Waals surface area (Å²) in [7, 11) is 0. The van der Waals surface area contributed by atoms with Crippen molar-refractivity contribution in [2.24, 2.45) is 0 Å². The van der Waals surface area contributed by atoms with Gasteiger partial charge in [0, 0.05) is 38.3 Å². The highest BCUT2D eigenvalue weighted by Crippen LogP contribution is 2.17. The zero-order valence-corrected chi connectivity index (χ0v) is 14.5. The van der Waals surface area contributed by atoms with Gasteiger partial charge in [-0.05, 0) is 49.1 Å². The van der Waals surface area contributed by atoms with Gasteiger partial charge in [0.25, 0.3) is 0 Å². The van der Waals surface area contributed by atoms with E-state index in [0.717, 1.165) is 51.1 Å². The van der Waals surface area contributed by atoms with Crippen molar-refractivity contribution >= 4 is 11.6 Å². The SMILES string of the molecule is O=C(CCCCc1ccccc1)N1CCN(c2ccc(F)cc2)CC1. The molecule has 3 rings (SSSR count). The molecule has 1 aliphatic rings. The van der Waals surface area contributed by atoms with Gasteiger partial charge in [-0.25, -0.2) is 4.39 Å². The molecule has 4 heteroatoms. The van der Waals surface area contributed by atoms with Crippen LogP contribution in [0.4, 0.5) is 10.1 Å². The lowest BCUT2D eigenvalue weighted by Crippen LogP contribution is -2.48. The number of carbonyl (C=O) groups excluding carboxylic acids is 1. The predicted molar refractivity (Wildman–Crippen MR) is 99.2 cm³/mol. The van der Waals surface area contributed by atoms with Crippen LogP contribution in [-0.4, -0.2) is 37.0 Å². The van der Waals surface area contributed by atoms with Crippen molar-refractivity contribution in [3.8, 4) is 0 Å². The number of halogens is 1. The lowest BCUT2D eigenvalue weighted by atomic mass is 10.1. The van der Waals surface area contributed by atoms with E-state index < -0.39 is 0 Å². The maximum Gasteiger partial charge on any atom is 0.222 e. The summed E-state index contributed by atoms with van der Waals surface area (Å²) in [6, 6.07) is 17.0. The van der Waals surface area contributed by atoms with Crippen molar-refractivity contribution in [1.29, 1.82) is 0 Å². The quantitative estimate of drug-likeness (QED) is 0.745. The fraction of sp³-hybridized carbons (Fsp3) is 0.381. The van der Waals surface area contributed by atoms with E-state index >= 15 is 0 Å². The third-order valence-corrected chi connectivity index (χ3v) is 4.77. The Hall–Kier alpha value is -2.36. The Morgan fingerprint density at radius 2 is 1.56 bits per heavy atom. The highest BCUT2D eigenvalue weighted by Gasteiger charge is 2.20. The van der Waals surface area contributed by atoms with Gasteiger partial charge in [0.1, 0.15) is 5.82 Å². The molecule has 2 aromatic rings. The first kappa shape index (κ1) is 17.5. The van der Waals surface area contributed by atoms with Gasteiger partial charge in [-0.2, -0.15) is 0 Å². The Morgan fingerprint density at radius 3 is 2.24 bits per heavy atom. The first-order chi connectivity index (χ1) is 12.2. The molecule has 3 nitrogen and oxygen atoms in total. The number of unbranched alkanes of at least 4 members (excludes halogenated alkanes) is 1. The predicted octanol–water partition coefficient (Wildman–Crippen LogP) is 3.89. The molecule has 1 saturated heterocycles. The van der Waals surface area contributed by atoms with Crippen LogP contribution in [-0.2, 0) is 11.2 Å². The second-order valence-electron chi connectivity index (χ2n) is 6.54. The van der Waals surface area contributed by atoms with Gasteiger partial charge in [-0.3, -0.25) is 4.79 Å². The molecule has 0 aromatic heterocycles. The number of hydrogen-bond donors (Lipinski definition) is 0. The van der Waals surface area contributed by atoms with Crippen molar-refractivity contribution in [3.05, 3.63) is 66.0 Å². The van der Waals surface area contributed by atoms with Crippen LogP contribution in [0.25, 0.3) is 0 Å². The summed E-state index contributed by atoms with van der Waals surface area (Å²) in [4.78, 5) is 16.5. The molecule has 0 radical (unpaired) electrons. The minimum Gasteiger partial charge on any atom is -0.368 e. The Morgan fingerprint density at radius 1 is 0.880 bits per heavy atom. The van der Waals surface area contributed by atoms with E-state index in [1.165, 1.54) is 17.7 Å². The van der Waals surface area contributed by atoms with Gasteiger partial charge in [0.15, 0.2) is 0 Å². The van der Waals surface area contributed by atoms with Crippen LogP contribution in [0.15, 0.2) is 54.6 Å². The maximum absolute atomic E-state index is 13.0. The molecule has 0 spiro atoms. The summed E-state index contributed by atoms with van der Waals surface area (Å²) in [6.07, 6.45) is 3.65. The first-order valence-corrected chi connectivity index (χ1v) is 9.04. The van der Waals surface area contributed by atoms with Crippen molar-refractivity contribution in [2.45, 2.75) is 25.7 Å². The van der Waals surface area contributed by atoms with E-state index in [4.69, 9.17) is 0 Å². The van der Waals surface area contributed by atoms with E-state index in [0.29, 0.717) is 6.42 Å². The van der Waals surface area contributed by atoms with Crippen LogP contribution in [0.1, 0.15) is 24.8 Å². The molecule has 1 aliphatic heterocycles. The summed E-state index contributed by atoms with van der Waals surface area (Å²) in [5, 5.41) is 0. The third kappa shape index (κ3) is 5.05. The molecule has 0 unspecified atom stereocenters. The minimum absolute atomic E-state index is 0.215. The molecule has 2 aromatic carbocycles. The normalized spacial score (nSPS) is 14.6. The number of piperazine rings is 1. The molecule has 132 valence electrons. The summed E-state index contributed by atoms with van der Waals surface area (Å²) in [5.41, 5.74) is 2.36. The second-order valence-corrected chi connectivity index (χ2v) is 6.54. The van der Waals surface area contributed by atoms with Crippen LogP contribution < -0.4 is 4.90 Å². The smallest absolute Gasteiger partial charge is 0.222 e. The zero-order valence-electron chi connectivity index (χ0n) is 14.5. The Bertz CT molecular complexity index is 664. The number of anilines is 1. The number of rotatable bonds is 6. The highest BCUT2D eigenvalue weighted by molar-refractivity contribution is 5.76. The van der Waals surface area contributed by atoms with Crippen molar-refractivity contribution in [1.82, 2.24) is 4.90 Å². The van der Waals surface area contributed by atoms with E-state index in [1.807, 2.05) is 11.0 Å². The monoisotopic (exact) mass is 340 g/mol. The second kappa shape index (κ2) is 8.65. The number of carbonyl (C=O) groups is 1. The average molecular weight is 340 g/mol. The van der Waals surface area contributed by atoms with Crippen LogP contribution in [0.3, 0.4) is 0 Å². The van der Waals surface area contributed by atoms with E-state index in [-0.39, 0.29) is 11.7 Å². The number of nitrogens with zero attached hydrogens (tertiary/aromatic N) is 2. The molecular weight excluding hydrogens is 315 g/mol. The summed E-state index contributed by atoms with van der Waals surface area (Å²) in [6.45, 7) is 3.10. The molecule has 0 N–H and O–H groups in total. The Labute approximate surface area is 149 Å². The number of amides is 1. The van der Waals surface area contributed by atoms with Crippen LogP contribution >= 0.6 is 0 Å². The lowest BCUT2D eigenvalue weighted by molar-refractivity contribution is -0.131. The fourth-order valence-electron chi connectivity index (χ4n) is 3.27. The molecule has 1 heterocycles. The summed E-state index contributed by atoms with van der Waals surface area (Å²) < 4.78 is 13.0. The topological polar surface area (TPSA) is 23.6 Å². The maximum atomic E-state index is 13.0. The van der Waals surface area contributed by atoms with Gasteiger partial charge in [-0.1, -0.05) is 30.3 Å². The van der Waals surface area contributed by atoms with Gasteiger partial charge < -0.3 is 9.80 Å². The van der Waals surface area contributed by atoms with E-state index in [1.54, 1.807) is 12.1 Å². The molecule has 0 aliphatic carbocycles. The molecule has 0 saturated carbocycles. The van der Waals surface area contributed by atoms with E-state index in [9.17, 15) is 9.18 Å². The Kier molecular flexibility index (Phi) is 6.04. The molecule has 0 bridgehead atoms. The first-order valence-electron chi connectivity index (χ1n) is 9.04. The molecule has 1 amide bonds. The number of aryl methyl sites for hydroxylation is 1. The third-order valence-electron chi connectivity index (χ3n) is 4.77. The molecular formula is C21H25FN2O. The number of hydrogen-bond acceptors (Lipinski definition) is 2. The Balaban J connectivity index is 1.37.